The monoisotopic (exact) mass is 236 g/mol. The molecule has 1 heterocycles. The van der Waals surface area contributed by atoms with Crippen molar-refractivity contribution in [2.45, 2.75) is 33.2 Å². The Labute approximate surface area is 102 Å². The van der Waals surface area contributed by atoms with E-state index in [4.69, 9.17) is 5.11 Å². The third-order valence-electron chi connectivity index (χ3n) is 2.94. The number of nitrogens with zero attached hydrogens (tertiary/aromatic N) is 2. The molecule has 0 amide bonds. The average Bonchev–Trinajstić information content (AvgIpc) is 2.30. The molecule has 1 aromatic heterocycles. The molecular weight excluding hydrogens is 216 g/mol. The lowest BCUT2D eigenvalue weighted by atomic mass is 10.0. The fourth-order valence-electron chi connectivity index (χ4n) is 1.96. The van der Waals surface area contributed by atoms with Crippen molar-refractivity contribution in [3.63, 3.8) is 0 Å². The van der Waals surface area contributed by atoms with E-state index in [1.807, 2.05) is 32.9 Å². The van der Waals surface area contributed by atoms with Crippen LogP contribution in [0.1, 0.15) is 37.6 Å². The average molecular weight is 236 g/mol. The van der Waals surface area contributed by atoms with E-state index in [2.05, 4.69) is 9.88 Å². The van der Waals surface area contributed by atoms with Gasteiger partial charge in [-0.05, 0) is 31.6 Å². The normalized spacial score (nSPS) is 12.7. The first-order valence-corrected chi connectivity index (χ1v) is 5.96. The maximum absolute atomic E-state index is 10.9. The lowest BCUT2D eigenvalue weighted by Gasteiger charge is -2.28. The summed E-state index contributed by atoms with van der Waals surface area (Å²) in [7, 11) is 0. The molecular formula is C13H20N2O2. The van der Waals surface area contributed by atoms with Crippen LogP contribution in [0.25, 0.3) is 0 Å². The van der Waals surface area contributed by atoms with Gasteiger partial charge in [-0.25, -0.2) is 0 Å². The zero-order chi connectivity index (χ0) is 12.8. The van der Waals surface area contributed by atoms with Gasteiger partial charge in [-0.2, -0.15) is 0 Å². The van der Waals surface area contributed by atoms with Crippen LogP contribution in [-0.4, -0.2) is 34.0 Å². The molecule has 0 aliphatic heterocycles. The molecule has 17 heavy (non-hydrogen) atoms. The van der Waals surface area contributed by atoms with Crippen molar-refractivity contribution < 1.29 is 9.90 Å². The van der Waals surface area contributed by atoms with Gasteiger partial charge in [-0.15, -0.1) is 0 Å². The summed E-state index contributed by atoms with van der Waals surface area (Å²) in [5.74, 6) is -0.775. The van der Waals surface area contributed by atoms with Gasteiger partial charge in [-0.3, -0.25) is 14.7 Å². The van der Waals surface area contributed by atoms with E-state index < -0.39 is 5.97 Å². The Kier molecular flexibility index (Phi) is 5.10. The Hall–Kier alpha value is -1.42. The molecule has 1 atom stereocenters. The predicted molar refractivity (Wildman–Crippen MR) is 66.9 cm³/mol. The van der Waals surface area contributed by atoms with Gasteiger partial charge in [0.1, 0.15) is 0 Å². The van der Waals surface area contributed by atoms with Crippen molar-refractivity contribution >= 4 is 5.97 Å². The maximum atomic E-state index is 10.9. The van der Waals surface area contributed by atoms with E-state index in [0.29, 0.717) is 0 Å². The lowest BCUT2D eigenvalue weighted by Crippen LogP contribution is -2.30. The molecule has 4 nitrogen and oxygen atoms in total. The van der Waals surface area contributed by atoms with E-state index in [1.165, 1.54) is 0 Å². The molecule has 0 fully saturated rings. The molecule has 0 aromatic carbocycles. The van der Waals surface area contributed by atoms with Crippen LogP contribution in [0.2, 0.25) is 0 Å². The second-order valence-corrected chi connectivity index (χ2v) is 4.07. The van der Waals surface area contributed by atoms with Gasteiger partial charge < -0.3 is 5.11 Å². The highest BCUT2D eigenvalue weighted by Crippen LogP contribution is 2.23. The fourth-order valence-corrected chi connectivity index (χ4v) is 1.96. The van der Waals surface area contributed by atoms with Gasteiger partial charge in [0.15, 0.2) is 0 Å². The number of carboxylic acid groups (broad SMARTS) is 1. The lowest BCUT2D eigenvalue weighted by molar-refractivity contribution is -0.138. The first-order chi connectivity index (χ1) is 8.08. The molecule has 1 rings (SSSR count). The van der Waals surface area contributed by atoms with Crippen molar-refractivity contribution in [1.29, 1.82) is 0 Å². The fraction of sp³-hybridized carbons (Fsp3) is 0.538. The minimum absolute atomic E-state index is 0.0874. The van der Waals surface area contributed by atoms with Crippen LogP contribution in [0, 0.1) is 6.92 Å². The Balaban J connectivity index is 2.96. The minimum Gasteiger partial charge on any atom is -0.481 e. The van der Waals surface area contributed by atoms with E-state index in [0.717, 1.165) is 24.3 Å². The van der Waals surface area contributed by atoms with Crippen LogP contribution in [-0.2, 0) is 4.79 Å². The summed E-state index contributed by atoms with van der Waals surface area (Å²) in [6.45, 7) is 7.68. The first-order valence-electron chi connectivity index (χ1n) is 5.96. The molecule has 0 aliphatic rings. The molecule has 1 unspecified atom stereocenters. The molecule has 0 saturated carbocycles. The van der Waals surface area contributed by atoms with Crippen molar-refractivity contribution in [2.75, 3.05) is 13.1 Å². The second-order valence-electron chi connectivity index (χ2n) is 4.07. The highest BCUT2D eigenvalue weighted by molar-refractivity contribution is 5.67. The molecule has 0 saturated heterocycles. The van der Waals surface area contributed by atoms with Crippen molar-refractivity contribution in [1.82, 2.24) is 9.88 Å². The van der Waals surface area contributed by atoms with E-state index in [-0.39, 0.29) is 12.5 Å². The number of carbonyl (C=O) groups is 1. The minimum atomic E-state index is -0.775. The van der Waals surface area contributed by atoms with Crippen LogP contribution in [0.3, 0.4) is 0 Å². The molecule has 0 spiro atoms. The first kappa shape index (κ1) is 13.6. The number of aromatic nitrogens is 1. The highest BCUT2D eigenvalue weighted by Gasteiger charge is 2.21. The molecule has 94 valence electrons. The topological polar surface area (TPSA) is 53.4 Å². The molecule has 0 aliphatic carbocycles. The van der Waals surface area contributed by atoms with Crippen LogP contribution in [0.15, 0.2) is 18.3 Å². The van der Waals surface area contributed by atoms with Gasteiger partial charge in [0.05, 0.1) is 6.42 Å². The highest BCUT2D eigenvalue weighted by atomic mass is 16.4. The largest absolute Gasteiger partial charge is 0.481 e. The smallest absolute Gasteiger partial charge is 0.305 e. The Bertz CT molecular complexity index is 358. The third-order valence-corrected chi connectivity index (χ3v) is 2.94. The van der Waals surface area contributed by atoms with E-state index in [1.54, 1.807) is 6.20 Å². The summed E-state index contributed by atoms with van der Waals surface area (Å²) in [6, 6.07) is 3.80. The van der Waals surface area contributed by atoms with Crippen molar-refractivity contribution in [3.05, 3.63) is 29.6 Å². The van der Waals surface area contributed by atoms with Crippen LogP contribution >= 0.6 is 0 Å². The quantitative estimate of drug-likeness (QED) is 0.823. The number of pyridine rings is 1. The van der Waals surface area contributed by atoms with Gasteiger partial charge >= 0.3 is 5.97 Å². The molecule has 4 heteroatoms. The summed E-state index contributed by atoms with van der Waals surface area (Å²) in [5, 5.41) is 8.99. The van der Waals surface area contributed by atoms with Gasteiger partial charge in [0.25, 0.3) is 0 Å². The van der Waals surface area contributed by atoms with Crippen molar-refractivity contribution in [2.24, 2.45) is 0 Å². The third kappa shape index (κ3) is 3.82. The SMILES string of the molecule is CCN(CC)C(CC(=O)O)c1ccc(C)nc1. The van der Waals surface area contributed by atoms with Crippen LogP contribution in [0.5, 0.6) is 0 Å². The Morgan fingerprint density at radius 1 is 1.41 bits per heavy atom. The zero-order valence-corrected chi connectivity index (χ0v) is 10.7. The van der Waals surface area contributed by atoms with Gasteiger partial charge in [0, 0.05) is 17.9 Å². The summed E-state index contributed by atoms with van der Waals surface area (Å²) < 4.78 is 0. The maximum Gasteiger partial charge on any atom is 0.305 e. The second kappa shape index (κ2) is 6.35. The predicted octanol–water partition coefficient (Wildman–Crippen LogP) is 2.25. The Morgan fingerprint density at radius 3 is 2.47 bits per heavy atom. The number of carboxylic acids is 1. The molecule has 0 radical (unpaired) electrons. The number of hydrogen-bond donors (Lipinski definition) is 1. The molecule has 1 aromatic rings. The van der Waals surface area contributed by atoms with E-state index >= 15 is 0 Å². The van der Waals surface area contributed by atoms with Gasteiger partial charge in [0.2, 0.25) is 0 Å². The molecule has 1 N–H and O–H groups in total. The number of hydrogen-bond acceptors (Lipinski definition) is 3. The number of rotatable bonds is 6. The molecule has 0 bridgehead atoms. The summed E-state index contributed by atoms with van der Waals surface area (Å²) in [6.07, 6.45) is 1.90. The Morgan fingerprint density at radius 2 is 2.06 bits per heavy atom. The van der Waals surface area contributed by atoms with E-state index in [9.17, 15) is 4.79 Å². The summed E-state index contributed by atoms with van der Waals surface area (Å²) >= 11 is 0. The zero-order valence-electron chi connectivity index (χ0n) is 10.7. The summed E-state index contributed by atoms with van der Waals surface area (Å²) in [5.41, 5.74) is 1.92. The summed E-state index contributed by atoms with van der Waals surface area (Å²) in [4.78, 5) is 17.3. The number of aryl methyl sites for hydroxylation is 1. The van der Waals surface area contributed by atoms with Crippen LogP contribution < -0.4 is 0 Å². The van der Waals surface area contributed by atoms with Crippen molar-refractivity contribution in [3.8, 4) is 0 Å². The number of aliphatic carboxylic acids is 1. The van der Waals surface area contributed by atoms with Gasteiger partial charge in [-0.1, -0.05) is 19.9 Å². The standard InChI is InChI=1S/C13H20N2O2/c1-4-15(5-2)12(8-13(16)17)11-7-6-10(3)14-9-11/h6-7,9,12H,4-5,8H2,1-3H3,(H,16,17). The van der Waals surface area contributed by atoms with Crippen LogP contribution in [0.4, 0.5) is 0 Å².